The van der Waals surface area contributed by atoms with Crippen molar-refractivity contribution in [2.45, 2.75) is 6.10 Å². The molecule has 3 aromatic rings. The Kier molecular flexibility index (Phi) is 7.12. The molecule has 0 spiro atoms. The zero-order valence-electron chi connectivity index (χ0n) is 16.2. The van der Waals surface area contributed by atoms with E-state index in [4.69, 9.17) is 5.11 Å². The molecule has 1 atom stereocenters. The minimum Gasteiger partial charge on any atom is -0.394 e. The summed E-state index contributed by atoms with van der Waals surface area (Å²) in [5, 5.41) is 18.9. The third-order valence-electron chi connectivity index (χ3n) is 4.49. The first-order valence-corrected chi connectivity index (χ1v) is 9.44. The van der Waals surface area contributed by atoms with Crippen LogP contribution in [-0.4, -0.2) is 41.7 Å². The van der Waals surface area contributed by atoms with Gasteiger partial charge >= 0.3 is 5.91 Å². The number of hydrogen-bond donors (Lipinski definition) is 2. The number of aliphatic hydroxyl groups excluding tert-OH is 2. The van der Waals surface area contributed by atoms with Crippen LogP contribution in [0.1, 0.15) is 15.9 Å². The molecule has 0 unspecified atom stereocenters. The lowest BCUT2D eigenvalue weighted by Crippen LogP contribution is -2.38. The summed E-state index contributed by atoms with van der Waals surface area (Å²) in [5.74, 6) is 4.84. The van der Waals surface area contributed by atoms with Gasteiger partial charge in [-0.15, -0.1) is 0 Å². The second kappa shape index (κ2) is 10.2. The van der Waals surface area contributed by atoms with Crippen LogP contribution in [0.5, 0.6) is 0 Å². The van der Waals surface area contributed by atoms with Gasteiger partial charge in [0, 0.05) is 22.7 Å². The number of hydrogen-bond acceptors (Lipinski definition) is 4. The fourth-order valence-corrected chi connectivity index (χ4v) is 2.99. The number of para-hydroxylation sites is 1. The van der Waals surface area contributed by atoms with E-state index in [2.05, 4.69) is 11.8 Å². The SMILES string of the molecule is O=Cc1cc(C#CC(=O)N(C[C@@H](O)CO)c2ccccc2)ccc1-c1ccccc1. The molecule has 0 aliphatic carbocycles. The number of amides is 1. The first-order chi connectivity index (χ1) is 14.6. The highest BCUT2D eigenvalue weighted by atomic mass is 16.3. The number of aldehydes is 1. The summed E-state index contributed by atoms with van der Waals surface area (Å²) >= 11 is 0. The predicted octanol–water partition coefficient (Wildman–Crippen LogP) is 2.90. The first kappa shape index (κ1) is 21.0. The Hall–Kier alpha value is -3.72. The minimum absolute atomic E-state index is 0.0828. The molecule has 30 heavy (non-hydrogen) atoms. The normalized spacial score (nSPS) is 11.1. The molecule has 0 saturated heterocycles. The molecule has 5 heteroatoms. The highest BCUT2D eigenvalue weighted by molar-refractivity contribution is 6.06. The third-order valence-corrected chi connectivity index (χ3v) is 4.49. The highest BCUT2D eigenvalue weighted by Gasteiger charge is 2.17. The van der Waals surface area contributed by atoms with Gasteiger partial charge < -0.3 is 10.2 Å². The quantitative estimate of drug-likeness (QED) is 0.494. The molecule has 150 valence electrons. The maximum absolute atomic E-state index is 12.7. The van der Waals surface area contributed by atoms with Crippen LogP contribution in [-0.2, 0) is 4.79 Å². The van der Waals surface area contributed by atoms with Gasteiger partial charge in [0.1, 0.15) is 0 Å². The second-order valence-corrected chi connectivity index (χ2v) is 6.62. The van der Waals surface area contributed by atoms with Gasteiger partial charge in [0.05, 0.1) is 19.3 Å². The van der Waals surface area contributed by atoms with Gasteiger partial charge in [0.15, 0.2) is 6.29 Å². The fraction of sp³-hybridized carbons (Fsp3) is 0.120. The van der Waals surface area contributed by atoms with Crippen molar-refractivity contribution in [3.63, 3.8) is 0 Å². The van der Waals surface area contributed by atoms with Crippen molar-refractivity contribution in [1.82, 2.24) is 0 Å². The maximum Gasteiger partial charge on any atom is 0.303 e. The van der Waals surface area contributed by atoms with Crippen LogP contribution in [0.15, 0.2) is 78.9 Å². The van der Waals surface area contributed by atoms with E-state index in [1.165, 1.54) is 4.90 Å². The average molecular weight is 399 g/mol. The van der Waals surface area contributed by atoms with Gasteiger partial charge in [0.2, 0.25) is 0 Å². The summed E-state index contributed by atoms with van der Waals surface area (Å²) in [7, 11) is 0. The lowest BCUT2D eigenvalue weighted by Gasteiger charge is -2.22. The lowest BCUT2D eigenvalue weighted by atomic mass is 9.98. The van der Waals surface area contributed by atoms with E-state index in [-0.39, 0.29) is 6.54 Å². The summed E-state index contributed by atoms with van der Waals surface area (Å²) in [6, 6.07) is 23.5. The zero-order valence-corrected chi connectivity index (χ0v) is 16.2. The monoisotopic (exact) mass is 399 g/mol. The van der Waals surface area contributed by atoms with Gasteiger partial charge in [-0.2, -0.15) is 0 Å². The van der Waals surface area contributed by atoms with Gasteiger partial charge in [0.25, 0.3) is 0 Å². The lowest BCUT2D eigenvalue weighted by molar-refractivity contribution is -0.113. The van der Waals surface area contributed by atoms with Gasteiger partial charge in [-0.3, -0.25) is 14.5 Å². The minimum atomic E-state index is -1.08. The molecule has 0 fully saturated rings. The summed E-state index contributed by atoms with van der Waals surface area (Å²) in [6.07, 6.45) is -0.314. The number of benzene rings is 3. The number of carbonyl (C=O) groups excluding carboxylic acids is 2. The van der Waals surface area contributed by atoms with E-state index < -0.39 is 18.6 Å². The smallest absolute Gasteiger partial charge is 0.303 e. The van der Waals surface area contributed by atoms with Crippen LogP contribution < -0.4 is 4.90 Å². The number of aliphatic hydroxyl groups is 2. The molecule has 0 saturated carbocycles. The fourth-order valence-electron chi connectivity index (χ4n) is 2.99. The highest BCUT2D eigenvalue weighted by Crippen LogP contribution is 2.23. The molecule has 0 bridgehead atoms. The van der Waals surface area contributed by atoms with Crippen molar-refractivity contribution in [1.29, 1.82) is 0 Å². The Balaban J connectivity index is 1.87. The zero-order chi connectivity index (χ0) is 21.3. The summed E-state index contributed by atoms with van der Waals surface area (Å²) < 4.78 is 0. The first-order valence-electron chi connectivity index (χ1n) is 9.44. The molecule has 0 aromatic heterocycles. The van der Waals surface area contributed by atoms with Crippen molar-refractivity contribution in [2.24, 2.45) is 0 Å². The predicted molar refractivity (Wildman–Crippen MR) is 116 cm³/mol. The largest absolute Gasteiger partial charge is 0.394 e. The number of carbonyl (C=O) groups is 2. The van der Waals surface area contributed by atoms with Gasteiger partial charge in [-0.05, 0) is 35.4 Å². The molecule has 5 nitrogen and oxygen atoms in total. The van der Waals surface area contributed by atoms with E-state index >= 15 is 0 Å². The Morgan fingerprint density at radius 1 is 1.00 bits per heavy atom. The molecule has 0 aliphatic heterocycles. The summed E-state index contributed by atoms with van der Waals surface area (Å²) in [4.78, 5) is 25.6. The molecule has 2 N–H and O–H groups in total. The van der Waals surface area contributed by atoms with Crippen molar-refractivity contribution in [2.75, 3.05) is 18.1 Å². The molecular weight excluding hydrogens is 378 g/mol. The Labute approximate surface area is 175 Å². The van der Waals surface area contributed by atoms with Crippen LogP contribution >= 0.6 is 0 Å². The van der Waals surface area contributed by atoms with Crippen LogP contribution in [0.4, 0.5) is 5.69 Å². The van der Waals surface area contributed by atoms with E-state index in [9.17, 15) is 14.7 Å². The third kappa shape index (κ3) is 5.21. The molecule has 0 radical (unpaired) electrons. The van der Waals surface area contributed by atoms with E-state index in [1.54, 1.807) is 42.5 Å². The van der Waals surface area contributed by atoms with Crippen LogP contribution in [0.3, 0.4) is 0 Å². The molecule has 0 aliphatic rings. The maximum atomic E-state index is 12.7. The Morgan fingerprint density at radius 2 is 1.67 bits per heavy atom. The standard InChI is InChI=1S/C25H21NO4/c27-17-21-15-19(11-13-24(21)20-7-3-1-4-8-20)12-14-25(30)26(16-23(29)18-28)22-9-5-2-6-10-22/h1-11,13,15,17,23,28-29H,16,18H2/t23-/m1/s1. The molecule has 0 heterocycles. The number of rotatable bonds is 6. The number of nitrogens with zero attached hydrogens (tertiary/aromatic N) is 1. The van der Waals surface area contributed by atoms with Crippen molar-refractivity contribution in [3.8, 4) is 23.0 Å². The number of anilines is 1. The van der Waals surface area contributed by atoms with E-state index in [0.717, 1.165) is 17.4 Å². The van der Waals surface area contributed by atoms with Crippen LogP contribution in [0, 0.1) is 11.8 Å². The van der Waals surface area contributed by atoms with Gasteiger partial charge in [-0.1, -0.05) is 60.5 Å². The molecule has 3 rings (SSSR count). The summed E-state index contributed by atoms with van der Waals surface area (Å²) in [6.45, 7) is -0.547. The molecule has 3 aromatic carbocycles. The van der Waals surface area contributed by atoms with Crippen molar-refractivity contribution < 1.29 is 19.8 Å². The van der Waals surface area contributed by atoms with Crippen molar-refractivity contribution >= 4 is 17.9 Å². The van der Waals surface area contributed by atoms with E-state index in [0.29, 0.717) is 16.8 Å². The van der Waals surface area contributed by atoms with Crippen LogP contribution in [0.2, 0.25) is 0 Å². The average Bonchev–Trinajstić information content (AvgIpc) is 2.81. The second-order valence-electron chi connectivity index (χ2n) is 6.62. The Morgan fingerprint density at radius 3 is 2.30 bits per heavy atom. The Bertz CT molecular complexity index is 1070. The summed E-state index contributed by atoms with van der Waals surface area (Å²) in [5.41, 5.74) is 3.29. The van der Waals surface area contributed by atoms with Crippen LogP contribution in [0.25, 0.3) is 11.1 Å². The van der Waals surface area contributed by atoms with E-state index in [1.807, 2.05) is 36.4 Å². The molecule has 1 amide bonds. The van der Waals surface area contributed by atoms with Gasteiger partial charge in [-0.25, -0.2) is 0 Å². The van der Waals surface area contributed by atoms with Crippen molar-refractivity contribution in [3.05, 3.63) is 90.0 Å². The topological polar surface area (TPSA) is 77.8 Å². The molecular formula is C25H21NO4.